The molecule has 2 N–H and O–H groups in total. The van der Waals surface area contributed by atoms with Gasteiger partial charge in [-0.1, -0.05) is 29.5 Å². The number of anilines is 3. The number of rotatable bonds is 7. The van der Waals surface area contributed by atoms with E-state index in [1.807, 2.05) is 41.7 Å². The van der Waals surface area contributed by atoms with Crippen molar-refractivity contribution in [3.05, 3.63) is 65.4 Å². The summed E-state index contributed by atoms with van der Waals surface area (Å²) in [7, 11) is 0.609. The summed E-state index contributed by atoms with van der Waals surface area (Å²) in [5, 5.41) is 11.6. The number of nitrogens with one attached hydrogen (secondary N) is 2. The average Bonchev–Trinajstić information content (AvgIpc) is 3.44. The van der Waals surface area contributed by atoms with Crippen LogP contribution in [0.5, 0.6) is 0 Å². The first-order valence-corrected chi connectivity index (χ1v) is 17.8. The lowest BCUT2D eigenvalue weighted by molar-refractivity contribution is -0.120. The molecule has 1 unspecified atom stereocenters. The molecule has 3 aliphatic rings. The third-order valence-corrected chi connectivity index (χ3v) is 10.8. The van der Waals surface area contributed by atoms with E-state index in [4.69, 9.17) is 11.6 Å². The molecule has 0 bridgehead atoms. The van der Waals surface area contributed by atoms with Crippen molar-refractivity contribution in [3.63, 3.8) is 0 Å². The molecule has 3 saturated heterocycles. The smallest absolute Gasteiger partial charge is 0.329 e. The van der Waals surface area contributed by atoms with E-state index in [9.17, 15) is 13.8 Å². The number of amides is 3. The molecule has 0 aliphatic carbocycles. The number of piperazine rings is 1. The molecule has 3 fully saturated rings. The number of piperidine rings is 1. The zero-order chi connectivity index (χ0) is 33.9. The third kappa shape index (κ3) is 7.55. The van der Waals surface area contributed by atoms with E-state index in [1.165, 1.54) is 4.90 Å². The molecule has 0 radical (unpaired) electrons. The summed E-state index contributed by atoms with van der Waals surface area (Å²) in [4.78, 5) is 39.4. The molecule has 4 aromatic rings. The Kier molecular flexibility index (Phi) is 9.77. The van der Waals surface area contributed by atoms with Gasteiger partial charge in [0.25, 0.3) is 0 Å². The van der Waals surface area contributed by atoms with Crippen molar-refractivity contribution in [3.8, 4) is 11.8 Å². The van der Waals surface area contributed by atoms with Crippen molar-refractivity contribution < 1.29 is 13.8 Å². The number of fused-ring (bicyclic) bond motifs is 1. The number of aryl methyl sites for hydroxylation is 1. The minimum Gasteiger partial charge on any atom is -0.369 e. The summed E-state index contributed by atoms with van der Waals surface area (Å²) in [6.45, 7) is 5.89. The maximum Gasteiger partial charge on any atom is 0.329 e. The van der Waals surface area contributed by atoms with Gasteiger partial charge in [0.1, 0.15) is 11.0 Å². The number of benzene rings is 2. The number of carbonyl (C=O) groups excluding carboxylic acids is 2. The molecule has 3 amide bonds. The van der Waals surface area contributed by atoms with Crippen molar-refractivity contribution in [2.45, 2.75) is 30.2 Å². The summed E-state index contributed by atoms with van der Waals surface area (Å²) >= 11 is 5.89. The summed E-state index contributed by atoms with van der Waals surface area (Å²) in [6, 6.07) is 13.7. The number of carbonyl (C=O) groups is 2. The third-order valence-electron chi connectivity index (χ3n) is 9.08. The first kappa shape index (κ1) is 33.0. The Bertz CT molecular complexity index is 1940. The first-order valence-electron chi connectivity index (χ1n) is 16.4. The number of nitrogens with zero attached hydrogens (tertiary/aromatic N) is 8. The van der Waals surface area contributed by atoms with Crippen LogP contribution in [0.25, 0.3) is 10.9 Å². The first-order chi connectivity index (χ1) is 23.8. The SMILES string of the molecule is Cn1nc(N2CCC(=O)NC2=O)c2ccc(C#CCN3CCN(c4cccc(S(=O)N5CCC(Nc6ncc(Cl)cn6)CC5)c4)CC3)cc21. The number of aromatic nitrogens is 4. The molecule has 49 heavy (non-hydrogen) atoms. The van der Waals surface area contributed by atoms with Crippen LogP contribution in [0.2, 0.25) is 5.02 Å². The monoisotopic (exact) mass is 700 g/mol. The molecular formula is C34H37ClN10O3S. The van der Waals surface area contributed by atoms with Gasteiger partial charge in [-0.3, -0.25) is 24.6 Å². The molecule has 2 aromatic heterocycles. The minimum absolute atomic E-state index is 0.227. The molecule has 0 saturated carbocycles. The Labute approximate surface area is 292 Å². The lowest BCUT2D eigenvalue weighted by atomic mass is 10.1. The molecule has 3 aliphatic heterocycles. The fraction of sp³-hybridized carbons (Fsp3) is 0.382. The molecular weight excluding hydrogens is 664 g/mol. The van der Waals surface area contributed by atoms with Gasteiger partial charge in [0.05, 0.1) is 34.4 Å². The maximum absolute atomic E-state index is 13.5. The Hall–Kier alpha value is -4.55. The molecule has 1 atom stereocenters. The molecule has 0 spiro atoms. The lowest BCUT2D eigenvalue weighted by Gasteiger charge is -2.35. The Morgan fingerprint density at radius 3 is 2.53 bits per heavy atom. The number of hydrogen-bond acceptors (Lipinski definition) is 9. The largest absolute Gasteiger partial charge is 0.369 e. The topological polar surface area (TPSA) is 132 Å². The van der Waals surface area contributed by atoms with Gasteiger partial charge < -0.3 is 10.2 Å². The predicted molar refractivity (Wildman–Crippen MR) is 190 cm³/mol. The predicted octanol–water partition coefficient (Wildman–Crippen LogP) is 3.24. The van der Waals surface area contributed by atoms with Crippen molar-refractivity contribution in [1.29, 1.82) is 0 Å². The minimum atomic E-state index is -1.23. The Morgan fingerprint density at radius 2 is 1.78 bits per heavy atom. The molecule has 13 nitrogen and oxygen atoms in total. The van der Waals surface area contributed by atoms with E-state index in [1.54, 1.807) is 17.1 Å². The summed E-state index contributed by atoms with van der Waals surface area (Å²) in [5.41, 5.74) is 2.83. The second-order valence-electron chi connectivity index (χ2n) is 12.3. The molecule has 2 aromatic carbocycles. The van der Waals surface area contributed by atoms with Gasteiger partial charge in [0.15, 0.2) is 5.82 Å². The highest BCUT2D eigenvalue weighted by molar-refractivity contribution is 7.82. The van der Waals surface area contributed by atoms with Crippen molar-refractivity contribution in [2.24, 2.45) is 7.05 Å². The summed E-state index contributed by atoms with van der Waals surface area (Å²) in [5.74, 6) is 7.44. The van der Waals surface area contributed by atoms with Crippen LogP contribution in [0.3, 0.4) is 0 Å². The van der Waals surface area contributed by atoms with Gasteiger partial charge >= 0.3 is 6.03 Å². The van der Waals surface area contributed by atoms with Gasteiger partial charge in [0, 0.05) is 82.0 Å². The molecule has 254 valence electrons. The van der Waals surface area contributed by atoms with Crippen LogP contribution in [0.15, 0.2) is 59.8 Å². The fourth-order valence-corrected chi connectivity index (χ4v) is 7.73. The zero-order valence-electron chi connectivity index (χ0n) is 27.1. The maximum atomic E-state index is 13.5. The van der Waals surface area contributed by atoms with E-state index in [0.717, 1.165) is 79.2 Å². The highest BCUT2D eigenvalue weighted by Gasteiger charge is 2.28. The van der Waals surface area contributed by atoms with Gasteiger partial charge in [-0.05, 0) is 49.2 Å². The Balaban J connectivity index is 0.903. The van der Waals surface area contributed by atoms with E-state index < -0.39 is 17.0 Å². The van der Waals surface area contributed by atoms with Gasteiger partial charge in [-0.25, -0.2) is 23.3 Å². The van der Waals surface area contributed by atoms with Crippen LogP contribution >= 0.6 is 11.6 Å². The molecule has 7 rings (SSSR count). The van der Waals surface area contributed by atoms with Crippen LogP contribution in [-0.2, 0) is 22.8 Å². The number of hydrogen-bond donors (Lipinski definition) is 2. The fourth-order valence-electron chi connectivity index (χ4n) is 6.37. The highest BCUT2D eigenvalue weighted by atomic mass is 35.5. The number of imide groups is 1. The van der Waals surface area contributed by atoms with Crippen LogP contribution in [0.4, 0.5) is 22.2 Å². The summed E-state index contributed by atoms with van der Waals surface area (Å²) in [6.07, 6.45) is 5.11. The lowest BCUT2D eigenvalue weighted by Crippen LogP contribution is -2.49. The van der Waals surface area contributed by atoms with Gasteiger partial charge in [0.2, 0.25) is 11.9 Å². The van der Waals surface area contributed by atoms with Crippen LogP contribution in [-0.4, -0.2) is 104 Å². The van der Waals surface area contributed by atoms with Gasteiger partial charge in [-0.2, -0.15) is 5.10 Å². The zero-order valence-corrected chi connectivity index (χ0v) is 28.7. The van der Waals surface area contributed by atoms with Crippen molar-refractivity contribution >= 4 is 62.9 Å². The normalized spacial score (nSPS) is 18.7. The van der Waals surface area contributed by atoms with E-state index in [2.05, 4.69) is 59.5 Å². The summed E-state index contributed by atoms with van der Waals surface area (Å²) < 4.78 is 17.3. The van der Waals surface area contributed by atoms with E-state index >= 15 is 0 Å². The van der Waals surface area contributed by atoms with Crippen molar-refractivity contribution in [1.82, 2.24) is 34.3 Å². The average molecular weight is 701 g/mol. The number of halogens is 1. The van der Waals surface area contributed by atoms with Crippen LogP contribution in [0, 0.1) is 11.8 Å². The molecule has 15 heteroatoms. The highest BCUT2D eigenvalue weighted by Crippen LogP contribution is 2.28. The number of urea groups is 1. The molecule has 5 heterocycles. The van der Waals surface area contributed by atoms with Crippen molar-refractivity contribution in [2.75, 3.05) is 67.5 Å². The van der Waals surface area contributed by atoms with Crippen LogP contribution in [0.1, 0.15) is 24.8 Å². The van der Waals surface area contributed by atoms with E-state index in [-0.39, 0.29) is 18.4 Å². The van der Waals surface area contributed by atoms with Gasteiger partial charge in [-0.15, -0.1) is 0 Å². The Morgan fingerprint density at radius 1 is 1.00 bits per heavy atom. The quantitative estimate of drug-likeness (QED) is 0.279. The second-order valence-corrected chi connectivity index (χ2v) is 14.2. The second kappa shape index (κ2) is 14.5. The van der Waals surface area contributed by atoms with Crippen LogP contribution < -0.4 is 20.4 Å². The standard InChI is InChI=1S/C34H37ClN10O3S/c1-41-30-20-24(7-8-29(30)32(40-41)45-15-11-31(46)39-34(45)47)4-3-12-42-16-18-43(19-17-42)27-5-2-6-28(21-27)49(48)44-13-9-26(10-14-44)38-33-36-22-25(35)23-37-33/h2,5-8,20-23,26H,9-19H2,1H3,(H,36,37,38)(H,39,46,47). The van der Waals surface area contributed by atoms with E-state index in [0.29, 0.717) is 29.9 Å².